The van der Waals surface area contributed by atoms with E-state index in [1.807, 2.05) is 62.3 Å². The van der Waals surface area contributed by atoms with Crippen molar-refractivity contribution in [2.45, 2.75) is 19.1 Å². The van der Waals surface area contributed by atoms with Gasteiger partial charge in [0, 0.05) is 18.1 Å². The molecule has 1 aromatic heterocycles. The minimum absolute atomic E-state index is 0.168. The highest BCUT2D eigenvalue weighted by atomic mass is 35.5. The number of hydrogen-bond donors (Lipinski definition) is 0. The third-order valence-corrected chi connectivity index (χ3v) is 5.97. The van der Waals surface area contributed by atoms with Crippen LogP contribution in [0, 0.1) is 0 Å². The molecule has 2 atom stereocenters. The molecule has 0 N–H and O–H groups in total. The topological polar surface area (TPSA) is 54.9 Å². The lowest BCUT2D eigenvalue weighted by atomic mass is 10.1. The summed E-state index contributed by atoms with van der Waals surface area (Å²) in [6.45, 7) is 3.04. The molecule has 0 radical (unpaired) electrons. The van der Waals surface area contributed by atoms with E-state index in [4.69, 9.17) is 21.1 Å². The monoisotopic (exact) mass is 431 g/mol. The van der Waals surface area contributed by atoms with Gasteiger partial charge < -0.3 is 14.4 Å². The van der Waals surface area contributed by atoms with E-state index in [0.717, 1.165) is 10.2 Å². The lowest BCUT2D eigenvalue weighted by Crippen LogP contribution is -2.52. The minimum atomic E-state index is -0.748. The van der Waals surface area contributed by atoms with Crippen LogP contribution in [0.1, 0.15) is 6.92 Å². The number of para-hydroxylation sites is 2. The molecule has 1 aliphatic heterocycles. The maximum Gasteiger partial charge on any atom is 0.273 e. The zero-order valence-corrected chi connectivity index (χ0v) is 18.0. The van der Waals surface area contributed by atoms with E-state index in [1.54, 1.807) is 11.0 Å². The van der Waals surface area contributed by atoms with Crippen molar-refractivity contribution in [2.75, 3.05) is 32.1 Å². The molecule has 0 saturated heterocycles. The standard InChI is InChI=1S/C21H22ClN3O3S/c1-13-19(28-17-7-5-4-6-16(17)27-13)20(26)25(11-10-24(2)3)21-23-15-9-8-14(22)12-18(15)29-21/h4-9,12-13,19H,10-11H2,1-3H3. The van der Waals surface area contributed by atoms with Crippen molar-refractivity contribution in [1.29, 1.82) is 0 Å². The Morgan fingerprint density at radius 1 is 1.14 bits per heavy atom. The lowest BCUT2D eigenvalue weighted by Gasteiger charge is -2.34. The first-order chi connectivity index (χ1) is 13.9. The van der Waals surface area contributed by atoms with Crippen LogP contribution in [-0.4, -0.2) is 55.2 Å². The number of carbonyl (C=O) groups excluding carboxylic acids is 1. The highest BCUT2D eigenvalue weighted by Gasteiger charge is 2.38. The van der Waals surface area contributed by atoms with Gasteiger partial charge in [0.05, 0.1) is 10.2 Å². The fraction of sp³-hybridized carbons (Fsp3) is 0.333. The summed E-state index contributed by atoms with van der Waals surface area (Å²) >= 11 is 7.56. The van der Waals surface area contributed by atoms with Gasteiger partial charge in [0.1, 0.15) is 6.10 Å². The largest absolute Gasteiger partial charge is 0.482 e. The molecule has 4 rings (SSSR count). The number of rotatable bonds is 5. The van der Waals surface area contributed by atoms with Gasteiger partial charge in [0.15, 0.2) is 16.6 Å². The van der Waals surface area contributed by atoms with Crippen molar-refractivity contribution < 1.29 is 14.3 Å². The van der Waals surface area contributed by atoms with Crippen LogP contribution < -0.4 is 14.4 Å². The Morgan fingerprint density at radius 2 is 1.86 bits per heavy atom. The number of halogens is 1. The number of ether oxygens (including phenoxy) is 2. The number of nitrogens with zero attached hydrogens (tertiary/aromatic N) is 3. The second kappa shape index (κ2) is 8.18. The van der Waals surface area contributed by atoms with Gasteiger partial charge in [-0.1, -0.05) is 35.1 Å². The predicted molar refractivity (Wildman–Crippen MR) is 116 cm³/mol. The molecule has 152 valence electrons. The molecular weight excluding hydrogens is 410 g/mol. The summed E-state index contributed by atoms with van der Waals surface area (Å²) < 4.78 is 12.9. The second-order valence-corrected chi connectivity index (χ2v) is 8.66. The molecule has 0 spiro atoms. The van der Waals surface area contributed by atoms with Crippen molar-refractivity contribution in [3.8, 4) is 11.5 Å². The lowest BCUT2D eigenvalue weighted by molar-refractivity contribution is -0.130. The third kappa shape index (κ3) is 4.17. The number of fused-ring (bicyclic) bond motifs is 2. The minimum Gasteiger partial charge on any atom is -0.482 e. The molecule has 1 amide bonds. The van der Waals surface area contributed by atoms with Gasteiger partial charge in [0.25, 0.3) is 5.91 Å². The molecule has 1 aliphatic rings. The summed E-state index contributed by atoms with van der Waals surface area (Å²) in [5, 5.41) is 1.27. The summed E-state index contributed by atoms with van der Waals surface area (Å²) in [7, 11) is 3.94. The number of likely N-dealkylation sites (N-methyl/N-ethyl adjacent to an activating group) is 1. The molecule has 0 bridgehead atoms. The van der Waals surface area contributed by atoms with Crippen LogP contribution in [-0.2, 0) is 4.79 Å². The summed E-state index contributed by atoms with van der Waals surface area (Å²) in [4.78, 5) is 21.9. The van der Waals surface area contributed by atoms with Crippen LogP contribution in [0.2, 0.25) is 5.02 Å². The molecule has 2 aromatic carbocycles. The molecular formula is C21H22ClN3O3S. The smallest absolute Gasteiger partial charge is 0.273 e. The third-order valence-electron chi connectivity index (χ3n) is 4.69. The average Bonchev–Trinajstić information content (AvgIpc) is 3.09. The Kier molecular flexibility index (Phi) is 5.63. The predicted octanol–water partition coefficient (Wildman–Crippen LogP) is 4.07. The summed E-state index contributed by atoms with van der Waals surface area (Å²) in [6, 6.07) is 12.9. The SMILES string of the molecule is CC1Oc2ccccc2OC1C(=O)N(CCN(C)C)c1nc2ccc(Cl)cc2s1. The molecule has 29 heavy (non-hydrogen) atoms. The number of hydrogen-bond acceptors (Lipinski definition) is 6. The maximum absolute atomic E-state index is 13.5. The number of amides is 1. The van der Waals surface area contributed by atoms with E-state index < -0.39 is 12.2 Å². The van der Waals surface area contributed by atoms with E-state index in [1.165, 1.54) is 11.3 Å². The number of thiazole rings is 1. The van der Waals surface area contributed by atoms with Gasteiger partial charge in [0.2, 0.25) is 6.10 Å². The fourth-order valence-corrected chi connectivity index (χ4v) is 4.42. The van der Waals surface area contributed by atoms with E-state index in [0.29, 0.717) is 34.7 Å². The van der Waals surface area contributed by atoms with Gasteiger partial charge >= 0.3 is 0 Å². The van der Waals surface area contributed by atoms with Crippen molar-refractivity contribution in [3.05, 3.63) is 47.5 Å². The molecule has 0 fully saturated rings. The van der Waals surface area contributed by atoms with E-state index >= 15 is 0 Å². The van der Waals surface area contributed by atoms with Crippen molar-refractivity contribution in [2.24, 2.45) is 0 Å². The van der Waals surface area contributed by atoms with Gasteiger partial charge in [-0.05, 0) is 51.4 Å². The second-order valence-electron chi connectivity index (χ2n) is 7.21. The van der Waals surface area contributed by atoms with Crippen molar-refractivity contribution in [3.63, 3.8) is 0 Å². The molecule has 6 nitrogen and oxygen atoms in total. The highest BCUT2D eigenvalue weighted by molar-refractivity contribution is 7.22. The fourth-order valence-electron chi connectivity index (χ4n) is 3.15. The van der Waals surface area contributed by atoms with Crippen LogP contribution >= 0.6 is 22.9 Å². The Hall–Kier alpha value is -2.35. The highest BCUT2D eigenvalue weighted by Crippen LogP contribution is 2.36. The average molecular weight is 432 g/mol. The summed E-state index contributed by atoms with van der Waals surface area (Å²) in [5.74, 6) is 1.06. The number of aromatic nitrogens is 1. The summed E-state index contributed by atoms with van der Waals surface area (Å²) in [6.07, 6.45) is -1.16. The van der Waals surface area contributed by atoms with Crippen molar-refractivity contribution in [1.82, 2.24) is 9.88 Å². The zero-order valence-electron chi connectivity index (χ0n) is 16.5. The van der Waals surface area contributed by atoms with Gasteiger partial charge in [-0.3, -0.25) is 9.69 Å². The molecule has 2 heterocycles. The quantitative estimate of drug-likeness (QED) is 0.609. The van der Waals surface area contributed by atoms with E-state index in [2.05, 4.69) is 4.98 Å². The number of anilines is 1. The van der Waals surface area contributed by atoms with Crippen LogP contribution in [0.5, 0.6) is 11.5 Å². The first-order valence-corrected chi connectivity index (χ1v) is 10.6. The first kappa shape index (κ1) is 19.9. The Bertz CT molecular complexity index is 1040. The Labute approximate surface area is 178 Å². The number of carbonyl (C=O) groups is 1. The van der Waals surface area contributed by atoms with Crippen LogP contribution in [0.15, 0.2) is 42.5 Å². The van der Waals surface area contributed by atoms with Crippen LogP contribution in [0.3, 0.4) is 0 Å². The molecule has 2 unspecified atom stereocenters. The van der Waals surface area contributed by atoms with Gasteiger partial charge in [-0.15, -0.1) is 0 Å². The van der Waals surface area contributed by atoms with Crippen LogP contribution in [0.25, 0.3) is 10.2 Å². The summed E-state index contributed by atoms with van der Waals surface area (Å²) in [5.41, 5.74) is 0.816. The van der Waals surface area contributed by atoms with Gasteiger partial charge in [-0.2, -0.15) is 0 Å². The Balaban J connectivity index is 1.66. The first-order valence-electron chi connectivity index (χ1n) is 9.37. The normalized spacial score (nSPS) is 18.2. The van der Waals surface area contributed by atoms with Gasteiger partial charge in [-0.25, -0.2) is 4.98 Å². The van der Waals surface area contributed by atoms with Crippen LogP contribution in [0.4, 0.5) is 5.13 Å². The van der Waals surface area contributed by atoms with E-state index in [9.17, 15) is 4.79 Å². The zero-order chi connectivity index (χ0) is 20.5. The van der Waals surface area contributed by atoms with E-state index in [-0.39, 0.29) is 5.91 Å². The Morgan fingerprint density at radius 3 is 2.59 bits per heavy atom. The molecule has 0 aliphatic carbocycles. The molecule has 3 aromatic rings. The maximum atomic E-state index is 13.5. The molecule has 8 heteroatoms. The number of benzene rings is 2. The van der Waals surface area contributed by atoms with Crippen molar-refractivity contribution >= 4 is 44.2 Å². The molecule has 0 saturated carbocycles.